The number of nitrogens with zero attached hydrogens (tertiary/aromatic N) is 4. The molecular weight excluding hydrogens is 342 g/mol. The van der Waals surface area contributed by atoms with Crippen LogP contribution in [0.5, 0.6) is 0 Å². The Morgan fingerprint density at radius 1 is 1.37 bits per heavy atom. The lowest BCUT2D eigenvalue weighted by molar-refractivity contribution is 0.491. The largest absolute Gasteiger partial charge is 0.356 e. The lowest BCUT2D eigenvalue weighted by Gasteiger charge is -2.34. The number of piperidine rings is 1. The second-order valence-electron chi connectivity index (χ2n) is 6.08. The molecule has 2 heterocycles. The predicted molar refractivity (Wildman–Crippen MR) is 110 cm³/mol. The maximum Gasteiger partial charge on any atom is 0.332 e. The van der Waals surface area contributed by atoms with Crippen molar-refractivity contribution in [3.05, 3.63) is 63.4 Å². The van der Waals surface area contributed by atoms with Crippen LogP contribution in [0.4, 0.5) is 5.82 Å². The van der Waals surface area contributed by atoms with Crippen molar-refractivity contribution in [1.82, 2.24) is 9.13 Å². The molecule has 1 saturated heterocycles. The quantitative estimate of drug-likeness (QED) is 0.627. The lowest BCUT2D eigenvalue weighted by atomic mass is 10.1. The molecule has 0 spiro atoms. The Morgan fingerprint density at radius 2 is 2.04 bits per heavy atom. The summed E-state index contributed by atoms with van der Waals surface area (Å²) in [4.78, 5) is 26.8. The fourth-order valence-corrected chi connectivity index (χ4v) is 2.97. The molecule has 27 heavy (non-hydrogen) atoms. The van der Waals surface area contributed by atoms with Crippen LogP contribution in [0, 0.1) is 11.3 Å². The lowest BCUT2D eigenvalue weighted by Crippen LogP contribution is -2.47. The van der Waals surface area contributed by atoms with Gasteiger partial charge in [0, 0.05) is 32.2 Å². The second kappa shape index (κ2) is 10.3. The van der Waals surface area contributed by atoms with Crippen LogP contribution < -0.4 is 21.9 Å². The van der Waals surface area contributed by atoms with Crippen LogP contribution in [0.2, 0.25) is 0 Å². The summed E-state index contributed by atoms with van der Waals surface area (Å²) < 4.78 is 2.53. The summed E-state index contributed by atoms with van der Waals surface area (Å²) >= 11 is 0. The predicted octanol–water partition coefficient (Wildman–Crippen LogP) is 1.69. The van der Waals surface area contributed by atoms with Crippen molar-refractivity contribution >= 4 is 5.82 Å². The third-order valence-electron chi connectivity index (χ3n) is 4.40. The molecule has 1 aliphatic heterocycles. The van der Waals surface area contributed by atoms with Crippen LogP contribution in [0.25, 0.3) is 0 Å². The molecule has 7 nitrogen and oxygen atoms in total. The summed E-state index contributed by atoms with van der Waals surface area (Å²) in [5.74, 6) is 0.518. The number of hydrogen-bond acceptors (Lipinski definition) is 5. The fraction of sp³-hybridized carbons (Fsp3) is 0.450. The SMILES string of the molecule is C=C/C(C#N)=C(\C=C)Cn1c(N2CCCC(N)C2)cc(=O)n(C)c1=O.CC. The molecule has 1 unspecified atom stereocenters. The Morgan fingerprint density at radius 3 is 2.56 bits per heavy atom. The van der Waals surface area contributed by atoms with Crippen molar-refractivity contribution in [2.45, 2.75) is 39.3 Å². The first-order valence-corrected chi connectivity index (χ1v) is 9.12. The molecule has 0 bridgehead atoms. The molecule has 2 N–H and O–H groups in total. The van der Waals surface area contributed by atoms with Crippen molar-refractivity contribution in [2.24, 2.45) is 12.8 Å². The topological polar surface area (TPSA) is 97.1 Å². The van der Waals surface area contributed by atoms with Gasteiger partial charge in [-0.3, -0.25) is 13.9 Å². The van der Waals surface area contributed by atoms with Crippen molar-refractivity contribution < 1.29 is 0 Å². The zero-order chi connectivity index (χ0) is 20.6. The molecule has 0 amide bonds. The van der Waals surface area contributed by atoms with Gasteiger partial charge in [-0.05, 0) is 18.4 Å². The smallest absolute Gasteiger partial charge is 0.332 e. The highest BCUT2D eigenvalue weighted by Crippen LogP contribution is 2.19. The highest BCUT2D eigenvalue weighted by molar-refractivity contribution is 5.44. The van der Waals surface area contributed by atoms with E-state index in [0.717, 1.165) is 24.0 Å². The molecule has 146 valence electrons. The van der Waals surface area contributed by atoms with Gasteiger partial charge in [-0.15, -0.1) is 0 Å². The van der Waals surface area contributed by atoms with Crippen LogP contribution in [0.1, 0.15) is 26.7 Å². The summed E-state index contributed by atoms with van der Waals surface area (Å²) in [6.07, 6.45) is 4.77. The third-order valence-corrected chi connectivity index (χ3v) is 4.40. The first kappa shape index (κ1) is 22.2. The number of anilines is 1. The van der Waals surface area contributed by atoms with Gasteiger partial charge in [0.15, 0.2) is 0 Å². The number of rotatable bonds is 5. The van der Waals surface area contributed by atoms with E-state index in [1.54, 1.807) is 0 Å². The van der Waals surface area contributed by atoms with E-state index in [1.165, 1.54) is 29.8 Å². The molecular formula is C20H29N5O2. The van der Waals surface area contributed by atoms with Gasteiger partial charge in [-0.1, -0.05) is 39.2 Å². The summed E-state index contributed by atoms with van der Waals surface area (Å²) in [6.45, 7) is 12.8. The number of nitriles is 1. The molecule has 0 radical (unpaired) electrons. The average Bonchev–Trinajstić information content (AvgIpc) is 2.69. The summed E-state index contributed by atoms with van der Waals surface area (Å²) in [5.41, 5.74) is 6.14. The molecule has 0 aliphatic carbocycles. The molecule has 1 aliphatic rings. The Kier molecular flexibility index (Phi) is 8.49. The second-order valence-corrected chi connectivity index (χ2v) is 6.08. The standard InChI is InChI=1S/C18H23N5O2.C2H6/c1-4-13(10-19)14(5-2)11-23-16(9-17(24)21(3)18(23)25)22-8-6-7-15(20)12-22;1-2/h4-5,9,15H,1-2,6-8,11-12,20H2,3H3;1-2H3/b14-13-;. The molecule has 1 atom stereocenters. The normalized spacial score (nSPS) is 17.1. The van der Waals surface area contributed by atoms with Gasteiger partial charge in [-0.25, -0.2) is 4.79 Å². The Bertz CT molecular complexity index is 870. The highest BCUT2D eigenvalue weighted by Gasteiger charge is 2.22. The van der Waals surface area contributed by atoms with Crippen LogP contribution in [0.3, 0.4) is 0 Å². The van der Waals surface area contributed by atoms with E-state index in [1.807, 2.05) is 24.8 Å². The van der Waals surface area contributed by atoms with Gasteiger partial charge >= 0.3 is 5.69 Å². The van der Waals surface area contributed by atoms with E-state index < -0.39 is 5.69 Å². The van der Waals surface area contributed by atoms with Crippen LogP contribution in [-0.2, 0) is 13.6 Å². The van der Waals surface area contributed by atoms with E-state index in [2.05, 4.69) is 13.2 Å². The monoisotopic (exact) mass is 371 g/mol. The van der Waals surface area contributed by atoms with Crippen molar-refractivity contribution in [3.8, 4) is 6.07 Å². The summed E-state index contributed by atoms with van der Waals surface area (Å²) in [7, 11) is 1.43. The third kappa shape index (κ3) is 5.08. The van der Waals surface area contributed by atoms with Crippen LogP contribution in [0.15, 0.2) is 52.1 Å². The first-order chi connectivity index (χ1) is 12.9. The van der Waals surface area contributed by atoms with E-state index in [0.29, 0.717) is 23.5 Å². The van der Waals surface area contributed by atoms with Crippen LogP contribution in [-0.4, -0.2) is 28.3 Å². The average molecular weight is 371 g/mol. The minimum Gasteiger partial charge on any atom is -0.356 e. The van der Waals surface area contributed by atoms with Gasteiger partial charge < -0.3 is 10.6 Å². The highest BCUT2D eigenvalue weighted by atomic mass is 16.2. The van der Waals surface area contributed by atoms with E-state index in [9.17, 15) is 14.9 Å². The Balaban J connectivity index is 0.00000176. The van der Waals surface area contributed by atoms with Gasteiger partial charge in [0.1, 0.15) is 5.82 Å². The van der Waals surface area contributed by atoms with Gasteiger partial charge in [-0.2, -0.15) is 5.26 Å². The minimum atomic E-state index is -0.442. The number of aromatic nitrogens is 2. The van der Waals surface area contributed by atoms with E-state index >= 15 is 0 Å². The molecule has 1 fully saturated rings. The summed E-state index contributed by atoms with van der Waals surface area (Å²) in [5, 5.41) is 9.23. The zero-order valence-electron chi connectivity index (χ0n) is 16.4. The van der Waals surface area contributed by atoms with Crippen molar-refractivity contribution in [2.75, 3.05) is 18.0 Å². The first-order valence-electron chi connectivity index (χ1n) is 9.12. The van der Waals surface area contributed by atoms with Gasteiger partial charge in [0.2, 0.25) is 0 Å². The molecule has 0 saturated carbocycles. The molecule has 7 heteroatoms. The van der Waals surface area contributed by atoms with E-state index in [4.69, 9.17) is 5.73 Å². The van der Waals surface area contributed by atoms with Crippen molar-refractivity contribution in [1.29, 1.82) is 5.26 Å². The Labute approximate surface area is 160 Å². The zero-order valence-corrected chi connectivity index (χ0v) is 16.4. The maximum absolute atomic E-state index is 12.7. The molecule has 1 aromatic heterocycles. The minimum absolute atomic E-state index is 0.00128. The number of allylic oxidation sites excluding steroid dienone is 4. The Hall–Kier alpha value is -2.85. The maximum atomic E-state index is 12.7. The van der Waals surface area contributed by atoms with Gasteiger partial charge in [0.25, 0.3) is 5.56 Å². The fourth-order valence-electron chi connectivity index (χ4n) is 2.97. The molecule has 0 aromatic carbocycles. The number of nitrogens with two attached hydrogens (primary N) is 1. The van der Waals surface area contributed by atoms with Crippen LogP contribution >= 0.6 is 0 Å². The number of hydrogen-bond donors (Lipinski definition) is 1. The van der Waals surface area contributed by atoms with E-state index in [-0.39, 0.29) is 18.1 Å². The van der Waals surface area contributed by atoms with Crippen molar-refractivity contribution in [3.63, 3.8) is 0 Å². The molecule has 1 aromatic rings. The summed E-state index contributed by atoms with van der Waals surface area (Å²) in [6, 6.07) is 3.49. The van der Waals surface area contributed by atoms with Gasteiger partial charge in [0.05, 0.1) is 18.2 Å². The molecule has 2 rings (SSSR count).